The van der Waals surface area contributed by atoms with E-state index in [-0.39, 0.29) is 11.8 Å². The summed E-state index contributed by atoms with van der Waals surface area (Å²) in [5.41, 5.74) is 2.21. The van der Waals surface area contributed by atoms with Crippen LogP contribution in [-0.2, 0) is 11.3 Å². The molecule has 2 aliphatic rings. The quantitative estimate of drug-likeness (QED) is 0.871. The average Bonchev–Trinajstić information content (AvgIpc) is 2.92. The lowest BCUT2D eigenvalue weighted by atomic mass is 9.88. The first-order chi connectivity index (χ1) is 10.2. The lowest BCUT2D eigenvalue weighted by Crippen LogP contribution is -2.48. The van der Waals surface area contributed by atoms with E-state index in [1.165, 1.54) is 31.5 Å². The number of para-hydroxylation sites is 1. The van der Waals surface area contributed by atoms with Gasteiger partial charge in [0.25, 0.3) is 0 Å². The normalized spacial score (nSPS) is 21.0. The van der Waals surface area contributed by atoms with Crippen molar-refractivity contribution < 1.29 is 4.79 Å². The van der Waals surface area contributed by atoms with Crippen LogP contribution in [0.25, 0.3) is 0 Å². The van der Waals surface area contributed by atoms with Crippen molar-refractivity contribution >= 4 is 11.6 Å². The zero-order valence-corrected chi connectivity index (χ0v) is 12.8. The highest BCUT2D eigenvalue weighted by molar-refractivity contribution is 5.93. The van der Waals surface area contributed by atoms with Crippen molar-refractivity contribution in [3.8, 4) is 0 Å². The van der Waals surface area contributed by atoms with Crippen molar-refractivity contribution in [1.82, 2.24) is 10.2 Å². The largest absolute Gasteiger partial charge is 0.326 e. The van der Waals surface area contributed by atoms with Gasteiger partial charge in [0.1, 0.15) is 0 Å². The van der Waals surface area contributed by atoms with Crippen molar-refractivity contribution in [3.63, 3.8) is 0 Å². The van der Waals surface area contributed by atoms with Gasteiger partial charge in [-0.1, -0.05) is 25.1 Å². The first-order valence-corrected chi connectivity index (χ1v) is 8.06. The molecule has 0 aromatic heterocycles. The summed E-state index contributed by atoms with van der Waals surface area (Å²) >= 11 is 0. The minimum Gasteiger partial charge on any atom is -0.326 e. The smallest absolute Gasteiger partial charge is 0.227 e. The Kier molecular flexibility index (Phi) is 4.56. The van der Waals surface area contributed by atoms with Crippen LogP contribution >= 0.6 is 0 Å². The van der Waals surface area contributed by atoms with Crippen LogP contribution in [0.1, 0.15) is 25.3 Å². The van der Waals surface area contributed by atoms with E-state index in [4.69, 9.17) is 0 Å². The zero-order valence-electron chi connectivity index (χ0n) is 12.8. The summed E-state index contributed by atoms with van der Waals surface area (Å²) in [4.78, 5) is 14.8. The number of nitrogens with zero attached hydrogens (tertiary/aromatic N) is 1. The molecule has 1 unspecified atom stereocenters. The van der Waals surface area contributed by atoms with E-state index >= 15 is 0 Å². The number of carbonyl (C=O) groups excluding carboxylic acids is 1. The molecule has 0 bridgehead atoms. The highest BCUT2D eigenvalue weighted by Crippen LogP contribution is 2.22. The van der Waals surface area contributed by atoms with Crippen LogP contribution < -0.4 is 10.6 Å². The minimum atomic E-state index is 0.0751. The van der Waals surface area contributed by atoms with Gasteiger partial charge in [-0.25, -0.2) is 0 Å². The summed E-state index contributed by atoms with van der Waals surface area (Å²) in [5, 5.41) is 6.37. The second-order valence-corrected chi connectivity index (χ2v) is 6.34. The Morgan fingerprint density at radius 2 is 2.05 bits per heavy atom. The van der Waals surface area contributed by atoms with Gasteiger partial charge in [-0.05, 0) is 56.6 Å². The van der Waals surface area contributed by atoms with Gasteiger partial charge < -0.3 is 10.6 Å². The maximum Gasteiger partial charge on any atom is 0.227 e. The molecule has 1 atom stereocenters. The SMILES string of the molecule is CC(C(=O)Nc1ccccc1CN1CCCC1)C1CNC1. The maximum absolute atomic E-state index is 12.4. The van der Waals surface area contributed by atoms with Gasteiger partial charge in [-0.15, -0.1) is 0 Å². The average molecular weight is 287 g/mol. The summed E-state index contributed by atoms with van der Waals surface area (Å²) in [6, 6.07) is 8.21. The van der Waals surface area contributed by atoms with Crippen molar-refractivity contribution in [2.24, 2.45) is 11.8 Å². The fourth-order valence-corrected chi connectivity index (χ4v) is 3.09. The Morgan fingerprint density at radius 1 is 1.33 bits per heavy atom. The van der Waals surface area contributed by atoms with Gasteiger partial charge in [-0.2, -0.15) is 0 Å². The first kappa shape index (κ1) is 14.5. The Hall–Kier alpha value is -1.39. The predicted molar refractivity (Wildman–Crippen MR) is 85.1 cm³/mol. The Morgan fingerprint density at radius 3 is 2.71 bits per heavy atom. The summed E-state index contributed by atoms with van der Waals surface area (Å²) in [7, 11) is 0. The number of amides is 1. The van der Waals surface area contributed by atoms with Crippen molar-refractivity contribution in [1.29, 1.82) is 0 Å². The number of rotatable bonds is 5. The molecule has 1 amide bonds. The lowest BCUT2D eigenvalue weighted by molar-refractivity contribution is -0.121. The molecule has 4 nitrogen and oxygen atoms in total. The summed E-state index contributed by atoms with van der Waals surface area (Å²) in [6.07, 6.45) is 2.58. The third-order valence-electron chi connectivity index (χ3n) is 4.80. The second-order valence-electron chi connectivity index (χ2n) is 6.34. The molecule has 1 aromatic carbocycles. The van der Waals surface area contributed by atoms with Gasteiger partial charge in [-0.3, -0.25) is 9.69 Å². The molecule has 2 N–H and O–H groups in total. The maximum atomic E-state index is 12.4. The van der Waals surface area contributed by atoms with E-state index in [1.54, 1.807) is 0 Å². The van der Waals surface area contributed by atoms with Crippen LogP contribution in [0.15, 0.2) is 24.3 Å². The molecule has 4 heteroatoms. The first-order valence-electron chi connectivity index (χ1n) is 8.06. The minimum absolute atomic E-state index is 0.0751. The lowest BCUT2D eigenvalue weighted by Gasteiger charge is -2.32. The Balaban J connectivity index is 1.64. The van der Waals surface area contributed by atoms with Crippen LogP contribution in [-0.4, -0.2) is 37.0 Å². The Bertz CT molecular complexity index is 493. The number of hydrogen-bond acceptors (Lipinski definition) is 3. The fourth-order valence-electron chi connectivity index (χ4n) is 3.09. The fraction of sp³-hybridized carbons (Fsp3) is 0.588. The molecule has 0 spiro atoms. The molecule has 0 saturated carbocycles. The van der Waals surface area contributed by atoms with Crippen LogP contribution in [0.2, 0.25) is 0 Å². The number of carbonyl (C=O) groups is 1. The van der Waals surface area contributed by atoms with E-state index in [0.29, 0.717) is 5.92 Å². The highest BCUT2D eigenvalue weighted by Gasteiger charge is 2.29. The molecule has 0 radical (unpaired) electrons. The van der Waals surface area contributed by atoms with Gasteiger partial charge >= 0.3 is 0 Å². The molecule has 2 aliphatic heterocycles. The molecule has 3 rings (SSSR count). The standard InChI is InChI=1S/C17H25N3O/c1-13(15-10-18-11-15)17(21)19-16-7-3-2-6-14(16)12-20-8-4-5-9-20/h2-3,6-7,13,15,18H,4-5,8-12H2,1H3,(H,19,21). The number of benzene rings is 1. The predicted octanol–water partition coefficient (Wildman–Crippen LogP) is 2.08. The van der Waals surface area contributed by atoms with Crippen LogP contribution in [0.3, 0.4) is 0 Å². The van der Waals surface area contributed by atoms with Gasteiger partial charge in [0.15, 0.2) is 0 Å². The topological polar surface area (TPSA) is 44.4 Å². The summed E-state index contributed by atoms with van der Waals surface area (Å²) < 4.78 is 0. The Labute approximate surface area is 126 Å². The molecule has 2 heterocycles. The number of likely N-dealkylation sites (tertiary alicyclic amines) is 1. The van der Waals surface area contributed by atoms with Crippen molar-refractivity contribution in [3.05, 3.63) is 29.8 Å². The number of nitrogens with one attached hydrogen (secondary N) is 2. The summed E-state index contributed by atoms with van der Waals surface area (Å²) in [6.45, 7) is 7.24. The third kappa shape index (κ3) is 3.44. The molecular weight excluding hydrogens is 262 g/mol. The molecule has 21 heavy (non-hydrogen) atoms. The van der Waals surface area contributed by atoms with Gasteiger partial charge in [0, 0.05) is 18.2 Å². The second kappa shape index (κ2) is 6.58. The van der Waals surface area contributed by atoms with Crippen LogP contribution in [0.5, 0.6) is 0 Å². The number of anilines is 1. The highest BCUT2D eigenvalue weighted by atomic mass is 16.1. The molecule has 2 saturated heterocycles. The molecule has 2 fully saturated rings. The number of hydrogen-bond donors (Lipinski definition) is 2. The van der Waals surface area contributed by atoms with Crippen LogP contribution in [0, 0.1) is 11.8 Å². The van der Waals surface area contributed by atoms with Crippen molar-refractivity contribution in [2.75, 3.05) is 31.5 Å². The van der Waals surface area contributed by atoms with Crippen molar-refractivity contribution in [2.45, 2.75) is 26.3 Å². The third-order valence-corrected chi connectivity index (χ3v) is 4.80. The van der Waals surface area contributed by atoms with Gasteiger partial charge in [0.2, 0.25) is 5.91 Å². The van der Waals surface area contributed by atoms with E-state index < -0.39 is 0 Å². The monoisotopic (exact) mass is 287 g/mol. The molecule has 114 valence electrons. The van der Waals surface area contributed by atoms with Gasteiger partial charge in [0.05, 0.1) is 0 Å². The van der Waals surface area contributed by atoms with Crippen LogP contribution in [0.4, 0.5) is 5.69 Å². The molecular formula is C17H25N3O. The zero-order chi connectivity index (χ0) is 14.7. The molecule has 0 aliphatic carbocycles. The van der Waals surface area contributed by atoms with E-state index in [2.05, 4.69) is 27.7 Å². The van der Waals surface area contributed by atoms with E-state index in [9.17, 15) is 4.79 Å². The summed E-state index contributed by atoms with van der Waals surface area (Å²) in [5.74, 6) is 0.706. The van der Waals surface area contributed by atoms with E-state index in [0.717, 1.165) is 25.3 Å². The molecule has 1 aromatic rings. The van der Waals surface area contributed by atoms with E-state index in [1.807, 2.05) is 19.1 Å².